The minimum atomic E-state index is -0.148. The van der Waals surface area contributed by atoms with Gasteiger partial charge in [0.2, 0.25) is 0 Å². The molecule has 4 heteroatoms. The van der Waals surface area contributed by atoms with Crippen molar-refractivity contribution in [3.05, 3.63) is 11.3 Å². The number of unbranched alkanes of at least 4 members (excludes halogenated alkanes) is 3. The lowest BCUT2D eigenvalue weighted by atomic mass is 10.0. The predicted octanol–water partition coefficient (Wildman–Crippen LogP) is 2.76. The molecule has 0 radical (unpaired) electrons. The number of hydrogen-bond donors (Lipinski definition) is 0. The molecule has 0 fully saturated rings. The van der Waals surface area contributed by atoms with Crippen LogP contribution in [0.2, 0.25) is 0 Å². The van der Waals surface area contributed by atoms with Crippen LogP contribution in [-0.2, 0) is 19.1 Å². The van der Waals surface area contributed by atoms with Crippen LogP contribution in [0.1, 0.15) is 51.4 Å². The predicted molar refractivity (Wildman–Crippen MR) is 68.0 cm³/mol. The van der Waals surface area contributed by atoms with Crippen LogP contribution >= 0.6 is 0 Å². The fourth-order valence-electron chi connectivity index (χ4n) is 2.22. The van der Waals surface area contributed by atoms with Gasteiger partial charge >= 0.3 is 5.97 Å². The molecule has 0 amide bonds. The highest BCUT2D eigenvalue weighted by molar-refractivity contribution is 5.98. The van der Waals surface area contributed by atoms with Crippen molar-refractivity contribution < 1.29 is 19.1 Å². The maximum Gasteiger partial charge on any atom is 0.305 e. The maximum absolute atomic E-state index is 11.6. The Labute approximate surface area is 108 Å². The van der Waals surface area contributed by atoms with Crippen molar-refractivity contribution in [2.45, 2.75) is 51.4 Å². The van der Waals surface area contributed by atoms with Gasteiger partial charge in [0.1, 0.15) is 5.76 Å². The van der Waals surface area contributed by atoms with Crippen molar-refractivity contribution in [3.63, 3.8) is 0 Å². The van der Waals surface area contributed by atoms with Crippen LogP contribution in [-0.4, -0.2) is 26.0 Å². The molecular weight excluding hydrogens is 232 g/mol. The van der Waals surface area contributed by atoms with E-state index < -0.39 is 0 Å². The first-order valence-electron chi connectivity index (χ1n) is 6.55. The molecule has 0 aromatic carbocycles. The number of hydrogen-bond acceptors (Lipinski definition) is 4. The second-order valence-electron chi connectivity index (χ2n) is 4.52. The Balaban J connectivity index is 2.14. The Morgan fingerprint density at radius 1 is 1.11 bits per heavy atom. The molecule has 0 N–H and O–H groups in total. The van der Waals surface area contributed by atoms with E-state index in [2.05, 4.69) is 4.74 Å². The SMILES string of the molecule is COC(=O)CCCCCCC1=C(OC)CCC1=O. The molecule has 0 bridgehead atoms. The van der Waals surface area contributed by atoms with Crippen molar-refractivity contribution in [3.8, 4) is 0 Å². The summed E-state index contributed by atoms with van der Waals surface area (Å²) in [6.45, 7) is 0. The summed E-state index contributed by atoms with van der Waals surface area (Å²) in [5.74, 6) is 0.960. The highest BCUT2D eigenvalue weighted by atomic mass is 16.5. The molecule has 0 aromatic rings. The maximum atomic E-state index is 11.6. The first kappa shape index (κ1) is 14.7. The number of ketones is 1. The van der Waals surface area contributed by atoms with Crippen molar-refractivity contribution in [1.82, 2.24) is 0 Å². The smallest absolute Gasteiger partial charge is 0.305 e. The average molecular weight is 254 g/mol. The molecule has 0 aliphatic heterocycles. The molecule has 0 atom stereocenters. The van der Waals surface area contributed by atoms with E-state index in [0.29, 0.717) is 12.8 Å². The van der Waals surface area contributed by atoms with Crippen LogP contribution in [0.15, 0.2) is 11.3 Å². The summed E-state index contributed by atoms with van der Waals surface area (Å²) >= 11 is 0. The minimum Gasteiger partial charge on any atom is -0.501 e. The summed E-state index contributed by atoms with van der Waals surface area (Å²) in [6, 6.07) is 0. The quantitative estimate of drug-likeness (QED) is 0.493. The second-order valence-corrected chi connectivity index (χ2v) is 4.52. The zero-order valence-electron chi connectivity index (χ0n) is 11.3. The molecule has 0 spiro atoms. The summed E-state index contributed by atoms with van der Waals surface area (Å²) in [4.78, 5) is 22.5. The van der Waals surface area contributed by atoms with Gasteiger partial charge in [0, 0.05) is 24.8 Å². The average Bonchev–Trinajstić information content (AvgIpc) is 2.74. The zero-order chi connectivity index (χ0) is 13.4. The summed E-state index contributed by atoms with van der Waals surface area (Å²) in [7, 11) is 3.04. The van der Waals surface area contributed by atoms with E-state index in [0.717, 1.165) is 49.9 Å². The lowest BCUT2D eigenvalue weighted by molar-refractivity contribution is -0.140. The number of Topliss-reactive ketones (excluding diaryl/α,β-unsaturated/α-hetero) is 1. The Morgan fingerprint density at radius 3 is 2.50 bits per heavy atom. The number of carbonyl (C=O) groups excluding carboxylic acids is 2. The number of ether oxygens (including phenoxy) is 2. The van der Waals surface area contributed by atoms with Gasteiger partial charge in [-0.1, -0.05) is 12.8 Å². The Bertz CT molecular complexity index is 331. The fraction of sp³-hybridized carbons (Fsp3) is 0.714. The summed E-state index contributed by atoms with van der Waals surface area (Å²) in [5.41, 5.74) is 0.880. The minimum absolute atomic E-state index is 0.148. The molecule has 1 rings (SSSR count). The summed E-state index contributed by atoms with van der Waals surface area (Å²) in [6.07, 6.45) is 6.52. The third-order valence-electron chi connectivity index (χ3n) is 3.28. The number of allylic oxidation sites excluding steroid dienone is 2. The fourth-order valence-corrected chi connectivity index (χ4v) is 2.22. The van der Waals surface area contributed by atoms with E-state index in [9.17, 15) is 9.59 Å². The van der Waals surface area contributed by atoms with E-state index in [-0.39, 0.29) is 11.8 Å². The molecular formula is C14H22O4. The van der Waals surface area contributed by atoms with E-state index >= 15 is 0 Å². The molecule has 4 nitrogen and oxygen atoms in total. The molecule has 102 valence electrons. The molecule has 1 aliphatic rings. The molecule has 18 heavy (non-hydrogen) atoms. The van der Waals surface area contributed by atoms with Crippen molar-refractivity contribution in [2.75, 3.05) is 14.2 Å². The second kappa shape index (κ2) is 7.90. The van der Waals surface area contributed by atoms with Gasteiger partial charge in [-0.15, -0.1) is 0 Å². The summed E-state index contributed by atoms with van der Waals surface area (Å²) in [5, 5.41) is 0. The van der Waals surface area contributed by atoms with E-state index in [1.807, 2.05) is 0 Å². The molecule has 1 aliphatic carbocycles. The lowest BCUT2D eigenvalue weighted by Gasteiger charge is -2.05. The molecule has 0 saturated heterocycles. The van der Waals surface area contributed by atoms with Crippen LogP contribution in [0, 0.1) is 0 Å². The van der Waals surface area contributed by atoms with Crippen LogP contribution in [0.3, 0.4) is 0 Å². The van der Waals surface area contributed by atoms with Gasteiger partial charge in [-0.25, -0.2) is 0 Å². The van der Waals surface area contributed by atoms with Gasteiger partial charge < -0.3 is 9.47 Å². The normalized spacial score (nSPS) is 15.1. The van der Waals surface area contributed by atoms with Gasteiger partial charge in [0.25, 0.3) is 0 Å². The number of carbonyl (C=O) groups is 2. The van der Waals surface area contributed by atoms with Gasteiger partial charge in [0.05, 0.1) is 14.2 Å². The monoisotopic (exact) mass is 254 g/mol. The first-order valence-corrected chi connectivity index (χ1v) is 6.55. The Kier molecular flexibility index (Phi) is 6.47. The largest absolute Gasteiger partial charge is 0.501 e. The molecule has 0 heterocycles. The van der Waals surface area contributed by atoms with Crippen LogP contribution < -0.4 is 0 Å². The molecule has 0 unspecified atom stereocenters. The highest BCUT2D eigenvalue weighted by Crippen LogP contribution is 2.27. The van der Waals surface area contributed by atoms with E-state index in [1.165, 1.54) is 7.11 Å². The van der Waals surface area contributed by atoms with E-state index in [1.54, 1.807) is 7.11 Å². The standard InChI is InChI=1S/C14H22O4/c1-17-13-10-9-12(15)11(13)7-5-3-4-6-8-14(16)18-2/h3-10H2,1-2H3. The zero-order valence-corrected chi connectivity index (χ0v) is 11.3. The number of esters is 1. The van der Waals surface area contributed by atoms with Gasteiger partial charge in [-0.3, -0.25) is 9.59 Å². The Hall–Kier alpha value is -1.32. The molecule has 0 saturated carbocycles. The van der Waals surface area contributed by atoms with Crippen LogP contribution in [0.25, 0.3) is 0 Å². The van der Waals surface area contributed by atoms with Gasteiger partial charge in [-0.2, -0.15) is 0 Å². The number of rotatable bonds is 8. The third kappa shape index (κ3) is 4.51. The van der Waals surface area contributed by atoms with Crippen molar-refractivity contribution >= 4 is 11.8 Å². The first-order chi connectivity index (χ1) is 8.69. The number of methoxy groups -OCH3 is 2. The Morgan fingerprint density at radius 2 is 1.83 bits per heavy atom. The van der Waals surface area contributed by atoms with Crippen molar-refractivity contribution in [1.29, 1.82) is 0 Å². The lowest BCUT2D eigenvalue weighted by Crippen LogP contribution is -2.00. The van der Waals surface area contributed by atoms with Crippen LogP contribution in [0.5, 0.6) is 0 Å². The van der Waals surface area contributed by atoms with Crippen LogP contribution in [0.4, 0.5) is 0 Å². The molecule has 0 aromatic heterocycles. The highest BCUT2D eigenvalue weighted by Gasteiger charge is 2.22. The summed E-state index contributed by atoms with van der Waals surface area (Å²) < 4.78 is 9.79. The van der Waals surface area contributed by atoms with Gasteiger partial charge in [-0.05, 0) is 19.3 Å². The van der Waals surface area contributed by atoms with E-state index in [4.69, 9.17) is 4.74 Å². The topological polar surface area (TPSA) is 52.6 Å². The van der Waals surface area contributed by atoms with Gasteiger partial charge in [0.15, 0.2) is 5.78 Å². The van der Waals surface area contributed by atoms with Crippen molar-refractivity contribution in [2.24, 2.45) is 0 Å². The third-order valence-corrected chi connectivity index (χ3v) is 3.28.